The minimum Gasteiger partial charge on any atom is -0.467 e. The molecule has 0 saturated carbocycles. The zero-order valence-electron chi connectivity index (χ0n) is 12.5. The molecule has 1 heterocycles. The lowest BCUT2D eigenvalue weighted by Gasteiger charge is -2.12. The average Bonchev–Trinajstić information content (AvgIpc) is 2.94. The summed E-state index contributed by atoms with van der Waals surface area (Å²) in [6.07, 6.45) is 1.67. The van der Waals surface area contributed by atoms with Crippen molar-refractivity contribution < 1.29 is 14.6 Å². The number of carbonyl (C=O) groups is 1. The molecular formula is C15H21N3O3. The molecule has 1 aromatic heterocycles. The van der Waals surface area contributed by atoms with Crippen molar-refractivity contribution in [3.63, 3.8) is 0 Å². The molecule has 0 bridgehead atoms. The van der Waals surface area contributed by atoms with Crippen LogP contribution >= 0.6 is 0 Å². The smallest absolute Gasteiger partial charge is 0.336 e. The van der Waals surface area contributed by atoms with Gasteiger partial charge in [-0.05, 0) is 31.5 Å². The van der Waals surface area contributed by atoms with Crippen LogP contribution in [-0.2, 0) is 9.53 Å². The molecule has 0 saturated heterocycles. The van der Waals surface area contributed by atoms with Crippen molar-refractivity contribution in [2.45, 2.75) is 32.4 Å². The minimum absolute atomic E-state index is 0.109. The van der Waals surface area contributed by atoms with E-state index in [1.165, 1.54) is 7.11 Å². The number of aliphatic hydroxyl groups is 1. The molecule has 2 unspecified atom stereocenters. The summed E-state index contributed by atoms with van der Waals surface area (Å²) in [5.41, 5.74) is 1.90. The molecule has 1 aromatic carbocycles. The van der Waals surface area contributed by atoms with Gasteiger partial charge in [-0.15, -0.1) is 0 Å². The Bertz CT molecular complexity index is 624. The second-order valence-electron chi connectivity index (χ2n) is 5.04. The van der Waals surface area contributed by atoms with E-state index in [1.807, 2.05) is 29.1 Å². The number of hydrogen-bond donors (Lipinski definition) is 2. The Morgan fingerprint density at radius 1 is 1.52 bits per heavy atom. The van der Waals surface area contributed by atoms with Gasteiger partial charge in [-0.1, -0.05) is 6.92 Å². The van der Waals surface area contributed by atoms with Crippen molar-refractivity contribution in [3.8, 4) is 0 Å². The van der Waals surface area contributed by atoms with Crippen LogP contribution in [0.15, 0.2) is 24.4 Å². The topological polar surface area (TPSA) is 76.4 Å². The summed E-state index contributed by atoms with van der Waals surface area (Å²) in [6.45, 7) is 4.37. The Hall–Kier alpha value is -2.08. The summed E-state index contributed by atoms with van der Waals surface area (Å²) in [6, 6.07) is 6.20. The molecule has 2 rings (SSSR count). The molecule has 0 aliphatic carbocycles. The first kappa shape index (κ1) is 15.3. The van der Waals surface area contributed by atoms with Crippen LogP contribution in [0.5, 0.6) is 0 Å². The summed E-state index contributed by atoms with van der Waals surface area (Å²) in [7, 11) is 1.25. The zero-order chi connectivity index (χ0) is 15.4. The summed E-state index contributed by atoms with van der Waals surface area (Å²) >= 11 is 0. The van der Waals surface area contributed by atoms with Gasteiger partial charge < -0.3 is 15.2 Å². The monoisotopic (exact) mass is 291 g/mol. The van der Waals surface area contributed by atoms with Crippen LogP contribution in [0.2, 0.25) is 0 Å². The van der Waals surface area contributed by atoms with E-state index in [-0.39, 0.29) is 6.54 Å². The number of carbonyl (C=O) groups excluding carboxylic acids is 1. The number of esters is 1. The molecular weight excluding hydrogens is 270 g/mol. The number of rotatable bonds is 6. The fourth-order valence-corrected chi connectivity index (χ4v) is 2.12. The first-order valence-electron chi connectivity index (χ1n) is 7.03. The van der Waals surface area contributed by atoms with Gasteiger partial charge in [0.1, 0.15) is 0 Å². The Morgan fingerprint density at radius 2 is 2.29 bits per heavy atom. The molecule has 0 radical (unpaired) electrons. The van der Waals surface area contributed by atoms with Crippen LogP contribution in [0.1, 0.15) is 26.3 Å². The maximum Gasteiger partial charge on any atom is 0.336 e. The molecule has 21 heavy (non-hydrogen) atoms. The highest BCUT2D eigenvalue weighted by atomic mass is 16.5. The van der Waals surface area contributed by atoms with Crippen molar-refractivity contribution in [1.82, 2.24) is 9.78 Å². The number of aromatic nitrogens is 2. The first-order valence-corrected chi connectivity index (χ1v) is 7.03. The number of hydrogen-bond acceptors (Lipinski definition) is 5. The Kier molecular flexibility index (Phi) is 4.80. The average molecular weight is 291 g/mol. The largest absolute Gasteiger partial charge is 0.467 e. The Labute approximate surface area is 123 Å². The van der Waals surface area contributed by atoms with Gasteiger partial charge in [-0.25, -0.2) is 4.79 Å². The summed E-state index contributed by atoms with van der Waals surface area (Å²) in [5.74, 6) is -0.645. The highest BCUT2D eigenvalue weighted by molar-refractivity contribution is 5.83. The van der Waals surface area contributed by atoms with E-state index in [0.29, 0.717) is 6.04 Å². The van der Waals surface area contributed by atoms with E-state index < -0.39 is 12.1 Å². The lowest BCUT2D eigenvalue weighted by atomic mass is 10.2. The molecule has 2 atom stereocenters. The number of ether oxygens (including phenoxy) is 1. The van der Waals surface area contributed by atoms with Gasteiger partial charge in [0.15, 0.2) is 6.10 Å². The molecule has 2 N–H and O–H groups in total. The van der Waals surface area contributed by atoms with E-state index in [2.05, 4.69) is 29.0 Å². The van der Waals surface area contributed by atoms with Crippen LogP contribution in [0.3, 0.4) is 0 Å². The number of fused-ring (bicyclic) bond motifs is 1. The molecule has 0 fully saturated rings. The van der Waals surface area contributed by atoms with Gasteiger partial charge in [0.2, 0.25) is 0 Å². The third kappa shape index (κ3) is 3.33. The predicted octanol–water partition coefficient (Wildman–Crippen LogP) is 1.95. The molecule has 0 aliphatic rings. The van der Waals surface area contributed by atoms with Gasteiger partial charge in [0.25, 0.3) is 0 Å². The zero-order valence-corrected chi connectivity index (χ0v) is 12.5. The lowest BCUT2D eigenvalue weighted by molar-refractivity contribution is -0.149. The molecule has 0 amide bonds. The normalized spacial score (nSPS) is 13.9. The second kappa shape index (κ2) is 6.58. The molecule has 114 valence electrons. The summed E-state index contributed by atoms with van der Waals surface area (Å²) in [4.78, 5) is 11.1. The standard InChI is InChI=1S/C15H21N3O3/c1-4-10(2)18-13-6-5-12(7-11(13)8-17-18)16-9-14(19)15(20)21-3/h5-8,10,14,16,19H,4,9H2,1-3H3. The van der Waals surface area contributed by atoms with Crippen molar-refractivity contribution in [3.05, 3.63) is 24.4 Å². The Morgan fingerprint density at radius 3 is 2.95 bits per heavy atom. The third-order valence-electron chi connectivity index (χ3n) is 3.58. The predicted molar refractivity (Wildman–Crippen MR) is 81.2 cm³/mol. The number of anilines is 1. The van der Waals surface area contributed by atoms with Crippen LogP contribution in [0, 0.1) is 0 Å². The number of methoxy groups -OCH3 is 1. The molecule has 0 aliphatic heterocycles. The number of aliphatic hydroxyl groups excluding tert-OH is 1. The van der Waals surface area contributed by atoms with E-state index in [0.717, 1.165) is 23.0 Å². The highest BCUT2D eigenvalue weighted by Gasteiger charge is 2.15. The number of benzene rings is 1. The lowest BCUT2D eigenvalue weighted by Crippen LogP contribution is -2.29. The fraction of sp³-hybridized carbons (Fsp3) is 0.467. The van der Waals surface area contributed by atoms with Crippen molar-refractivity contribution >= 4 is 22.6 Å². The van der Waals surface area contributed by atoms with Crippen LogP contribution in [-0.4, -0.2) is 40.6 Å². The maximum absolute atomic E-state index is 11.1. The van der Waals surface area contributed by atoms with E-state index in [4.69, 9.17) is 0 Å². The quantitative estimate of drug-likeness (QED) is 0.796. The maximum atomic E-state index is 11.1. The highest BCUT2D eigenvalue weighted by Crippen LogP contribution is 2.22. The van der Waals surface area contributed by atoms with E-state index in [9.17, 15) is 9.90 Å². The van der Waals surface area contributed by atoms with Crippen molar-refractivity contribution in [1.29, 1.82) is 0 Å². The van der Waals surface area contributed by atoms with E-state index >= 15 is 0 Å². The van der Waals surface area contributed by atoms with Gasteiger partial charge in [-0.3, -0.25) is 4.68 Å². The molecule has 2 aromatic rings. The summed E-state index contributed by atoms with van der Waals surface area (Å²) < 4.78 is 6.47. The van der Waals surface area contributed by atoms with Crippen molar-refractivity contribution in [2.75, 3.05) is 19.0 Å². The van der Waals surface area contributed by atoms with Gasteiger partial charge >= 0.3 is 5.97 Å². The van der Waals surface area contributed by atoms with Gasteiger partial charge in [0, 0.05) is 17.1 Å². The second-order valence-corrected chi connectivity index (χ2v) is 5.04. The first-order chi connectivity index (χ1) is 10.1. The number of nitrogens with zero attached hydrogens (tertiary/aromatic N) is 2. The van der Waals surface area contributed by atoms with E-state index in [1.54, 1.807) is 0 Å². The van der Waals surface area contributed by atoms with Gasteiger partial charge in [0.05, 0.1) is 25.4 Å². The SMILES string of the molecule is CCC(C)n1ncc2cc(NCC(O)C(=O)OC)ccc21. The summed E-state index contributed by atoms with van der Waals surface area (Å²) in [5, 5.41) is 18.0. The minimum atomic E-state index is -1.17. The van der Waals surface area contributed by atoms with Crippen molar-refractivity contribution in [2.24, 2.45) is 0 Å². The molecule has 6 heteroatoms. The third-order valence-corrected chi connectivity index (χ3v) is 3.58. The van der Waals surface area contributed by atoms with Gasteiger partial charge in [-0.2, -0.15) is 5.10 Å². The number of nitrogens with one attached hydrogen (secondary N) is 1. The molecule has 6 nitrogen and oxygen atoms in total. The van der Waals surface area contributed by atoms with Crippen LogP contribution in [0.25, 0.3) is 10.9 Å². The van der Waals surface area contributed by atoms with Crippen LogP contribution < -0.4 is 5.32 Å². The Balaban J connectivity index is 2.11. The molecule has 0 spiro atoms. The fourth-order valence-electron chi connectivity index (χ4n) is 2.12. The van der Waals surface area contributed by atoms with Crippen LogP contribution in [0.4, 0.5) is 5.69 Å².